The number of para-hydroxylation sites is 1. The highest BCUT2D eigenvalue weighted by atomic mass is 16.5. The van der Waals surface area contributed by atoms with Crippen molar-refractivity contribution < 1.29 is 24.1 Å². The van der Waals surface area contributed by atoms with Gasteiger partial charge in [0.15, 0.2) is 11.5 Å². The molecule has 2 aromatic carbocycles. The number of rotatable bonds is 6. The highest BCUT2D eigenvalue weighted by Crippen LogP contribution is 2.40. The first-order valence-corrected chi connectivity index (χ1v) is 6.77. The van der Waals surface area contributed by atoms with Crippen molar-refractivity contribution >= 4 is 0 Å². The SMILES string of the molecule is COc1ccc(C(O)c2cccc(OC)c2OC)c(OC)c1. The second kappa shape index (κ2) is 7.04. The van der Waals surface area contributed by atoms with Crippen molar-refractivity contribution in [3.63, 3.8) is 0 Å². The van der Waals surface area contributed by atoms with E-state index in [-0.39, 0.29) is 0 Å². The standard InChI is InChI=1S/C17H20O5/c1-19-11-8-9-12(15(10-11)21-3)16(18)13-6-5-7-14(20-2)17(13)22-4/h5-10,16,18H,1-4H3. The van der Waals surface area contributed by atoms with E-state index >= 15 is 0 Å². The largest absolute Gasteiger partial charge is 0.497 e. The first-order valence-electron chi connectivity index (χ1n) is 6.77. The zero-order valence-electron chi connectivity index (χ0n) is 13.1. The Balaban J connectivity index is 2.50. The van der Waals surface area contributed by atoms with E-state index in [9.17, 15) is 5.11 Å². The van der Waals surface area contributed by atoms with Gasteiger partial charge in [0.25, 0.3) is 0 Å². The van der Waals surface area contributed by atoms with Crippen molar-refractivity contribution in [2.24, 2.45) is 0 Å². The van der Waals surface area contributed by atoms with Crippen LogP contribution in [-0.4, -0.2) is 33.5 Å². The van der Waals surface area contributed by atoms with Gasteiger partial charge in [0.2, 0.25) is 0 Å². The Kier molecular flexibility index (Phi) is 5.12. The number of hydrogen-bond acceptors (Lipinski definition) is 5. The molecule has 5 nitrogen and oxygen atoms in total. The Bertz CT molecular complexity index is 639. The molecule has 0 saturated carbocycles. The molecular formula is C17H20O5. The van der Waals surface area contributed by atoms with Crippen LogP contribution in [0.3, 0.4) is 0 Å². The average Bonchev–Trinajstić information content (AvgIpc) is 2.59. The van der Waals surface area contributed by atoms with Gasteiger partial charge in [-0.2, -0.15) is 0 Å². The molecule has 22 heavy (non-hydrogen) atoms. The van der Waals surface area contributed by atoms with E-state index in [1.807, 2.05) is 0 Å². The maximum absolute atomic E-state index is 10.7. The van der Waals surface area contributed by atoms with Crippen molar-refractivity contribution in [3.05, 3.63) is 47.5 Å². The molecule has 0 aromatic heterocycles. The quantitative estimate of drug-likeness (QED) is 0.889. The average molecular weight is 304 g/mol. The summed E-state index contributed by atoms with van der Waals surface area (Å²) < 4.78 is 21.2. The molecule has 2 rings (SSSR count). The molecule has 2 aromatic rings. The molecule has 0 bridgehead atoms. The minimum absolute atomic E-state index is 0.496. The van der Waals surface area contributed by atoms with E-state index in [1.54, 1.807) is 64.8 Å². The Morgan fingerprint density at radius 2 is 1.50 bits per heavy atom. The van der Waals surface area contributed by atoms with Gasteiger partial charge in [-0.05, 0) is 18.2 Å². The van der Waals surface area contributed by atoms with E-state index in [1.165, 1.54) is 0 Å². The summed E-state index contributed by atoms with van der Waals surface area (Å²) in [4.78, 5) is 0. The van der Waals surface area contributed by atoms with Crippen molar-refractivity contribution in [1.82, 2.24) is 0 Å². The van der Waals surface area contributed by atoms with E-state index in [0.717, 1.165) is 0 Å². The van der Waals surface area contributed by atoms with E-state index in [0.29, 0.717) is 34.1 Å². The van der Waals surface area contributed by atoms with Crippen LogP contribution in [0.1, 0.15) is 17.2 Å². The van der Waals surface area contributed by atoms with Crippen LogP contribution < -0.4 is 18.9 Å². The number of methoxy groups -OCH3 is 4. The van der Waals surface area contributed by atoms with Crippen LogP contribution in [0.4, 0.5) is 0 Å². The first-order chi connectivity index (χ1) is 10.7. The highest BCUT2D eigenvalue weighted by molar-refractivity contribution is 5.52. The first kappa shape index (κ1) is 16.0. The fraction of sp³-hybridized carbons (Fsp3) is 0.294. The number of aliphatic hydroxyl groups excluding tert-OH is 1. The Morgan fingerprint density at radius 3 is 2.09 bits per heavy atom. The van der Waals surface area contributed by atoms with Crippen molar-refractivity contribution in [2.75, 3.05) is 28.4 Å². The van der Waals surface area contributed by atoms with Crippen molar-refractivity contribution in [3.8, 4) is 23.0 Å². The molecule has 0 radical (unpaired) electrons. The molecule has 0 aliphatic rings. The fourth-order valence-electron chi connectivity index (χ4n) is 2.34. The zero-order valence-corrected chi connectivity index (χ0v) is 13.1. The Labute approximate surface area is 130 Å². The minimum Gasteiger partial charge on any atom is -0.497 e. The maximum Gasteiger partial charge on any atom is 0.166 e. The van der Waals surface area contributed by atoms with Crippen LogP contribution in [0.5, 0.6) is 23.0 Å². The van der Waals surface area contributed by atoms with Crippen LogP contribution in [0.2, 0.25) is 0 Å². The summed E-state index contributed by atoms with van der Waals surface area (Å²) in [7, 11) is 6.23. The number of hydrogen-bond donors (Lipinski definition) is 1. The van der Waals surface area contributed by atoms with Crippen LogP contribution in [0.15, 0.2) is 36.4 Å². The number of aliphatic hydroxyl groups is 1. The van der Waals surface area contributed by atoms with E-state index in [4.69, 9.17) is 18.9 Å². The third-order valence-electron chi connectivity index (χ3n) is 3.46. The molecule has 0 fully saturated rings. The molecule has 0 amide bonds. The summed E-state index contributed by atoms with van der Waals surface area (Å²) in [5.41, 5.74) is 1.22. The van der Waals surface area contributed by atoms with Crippen LogP contribution >= 0.6 is 0 Å². The number of ether oxygens (including phenoxy) is 4. The topological polar surface area (TPSA) is 57.2 Å². The van der Waals surface area contributed by atoms with Gasteiger partial charge < -0.3 is 24.1 Å². The normalized spacial score (nSPS) is 11.7. The van der Waals surface area contributed by atoms with Gasteiger partial charge in [0.1, 0.15) is 17.6 Å². The van der Waals surface area contributed by atoms with E-state index < -0.39 is 6.10 Å². The van der Waals surface area contributed by atoms with Crippen LogP contribution in [0.25, 0.3) is 0 Å². The van der Waals surface area contributed by atoms with Crippen molar-refractivity contribution in [2.45, 2.75) is 6.10 Å². The van der Waals surface area contributed by atoms with Gasteiger partial charge in [-0.3, -0.25) is 0 Å². The lowest BCUT2D eigenvalue weighted by Crippen LogP contribution is -2.05. The van der Waals surface area contributed by atoms with Gasteiger partial charge in [0, 0.05) is 17.2 Å². The molecule has 118 valence electrons. The molecule has 0 spiro atoms. The number of benzene rings is 2. The predicted molar refractivity (Wildman–Crippen MR) is 83.2 cm³/mol. The zero-order chi connectivity index (χ0) is 16.1. The van der Waals surface area contributed by atoms with Gasteiger partial charge in [-0.15, -0.1) is 0 Å². The van der Waals surface area contributed by atoms with Gasteiger partial charge in [-0.25, -0.2) is 0 Å². The van der Waals surface area contributed by atoms with Crippen molar-refractivity contribution in [1.29, 1.82) is 0 Å². The van der Waals surface area contributed by atoms with Crippen LogP contribution in [-0.2, 0) is 0 Å². The smallest absolute Gasteiger partial charge is 0.166 e. The molecule has 0 aliphatic carbocycles. The molecule has 1 unspecified atom stereocenters. The predicted octanol–water partition coefficient (Wildman–Crippen LogP) is 2.80. The summed E-state index contributed by atoms with van der Waals surface area (Å²) in [5, 5.41) is 10.7. The molecule has 5 heteroatoms. The van der Waals surface area contributed by atoms with Gasteiger partial charge in [0.05, 0.1) is 28.4 Å². The molecule has 0 saturated heterocycles. The van der Waals surface area contributed by atoms with Gasteiger partial charge in [-0.1, -0.05) is 12.1 Å². The molecule has 0 aliphatic heterocycles. The van der Waals surface area contributed by atoms with Crippen LogP contribution in [0, 0.1) is 0 Å². The third-order valence-corrected chi connectivity index (χ3v) is 3.46. The second-order valence-corrected chi connectivity index (χ2v) is 4.59. The highest BCUT2D eigenvalue weighted by Gasteiger charge is 2.21. The Morgan fingerprint density at radius 1 is 0.773 bits per heavy atom. The summed E-state index contributed by atoms with van der Waals surface area (Å²) in [6.45, 7) is 0. The van der Waals surface area contributed by atoms with E-state index in [2.05, 4.69) is 0 Å². The molecule has 0 heterocycles. The fourth-order valence-corrected chi connectivity index (χ4v) is 2.34. The lowest BCUT2D eigenvalue weighted by atomic mass is 9.99. The molecule has 1 atom stereocenters. The minimum atomic E-state index is -0.911. The van der Waals surface area contributed by atoms with Gasteiger partial charge >= 0.3 is 0 Å². The maximum atomic E-state index is 10.7. The molecular weight excluding hydrogens is 284 g/mol. The third kappa shape index (κ3) is 2.94. The second-order valence-electron chi connectivity index (χ2n) is 4.59. The summed E-state index contributed by atoms with van der Waals surface area (Å²) in [6.07, 6.45) is -0.911. The molecule has 1 N–H and O–H groups in total. The summed E-state index contributed by atoms with van der Waals surface area (Å²) in [6, 6.07) is 10.6. The lowest BCUT2D eigenvalue weighted by molar-refractivity contribution is 0.207. The Hall–Kier alpha value is -2.40. The summed E-state index contributed by atoms with van der Waals surface area (Å²) in [5.74, 6) is 2.25. The monoisotopic (exact) mass is 304 g/mol. The lowest BCUT2D eigenvalue weighted by Gasteiger charge is -2.19. The summed E-state index contributed by atoms with van der Waals surface area (Å²) >= 11 is 0.